The predicted molar refractivity (Wildman–Crippen MR) is 145 cm³/mol. The second kappa shape index (κ2) is 12.4. The highest BCUT2D eigenvalue weighted by Crippen LogP contribution is 2.27. The summed E-state index contributed by atoms with van der Waals surface area (Å²) in [5.74, 6) is -1.74. The number of aryl methyl sites for hydroxylation is 1. The van der Waals surface area contributed by atoms with Gasteiger partial charge in [-0.1, -0.05) is 39.1 Å². The van der Waals surface area contributed by atoms with Crippen LogP contribution in [-0.2, 0) is 19.6 Å². The number of sulfonamides is 1. The van der Waals surface area contributed by atoms with Crippen molar-refractivity contribution in [3.05, 3.63) is 86.9 Å². The van der Waals surface area contributed by atoms with Gasteiger partial charge in [-0.05, 0) is 67.1 Å². The minimum Gasteiger partial charge on any atom is -0.483 e. The van der Waals surface area contributed by atoms with Crippen molar-refractivity contribution in [1.82, 2.24) is 4.72 Å². The number of ketones is 1. The highest BCUT2D eigenvalue weighted by atomic mass is 79.9. The minimum absolute atomic E-state index is 0.0627. The highest BCUT2D eigenvalue weighted by molar-refractivity contribution is 9.09. The number of hydrogen-bond acceptors (Lipinski definition) is 7. The number of rotatable bonds is 9. The molecule has 0 saturated carbocycles. The van der Waals surface area contributed by atoms with Crippen molar-refractivity contribution in [2.24, 2.45) is 0 Å². The number of amides is 2. The van der Waals surface area contributed by atoms with Gasteiger partial charge in [0.15, 0.2) is 12.4 Å². The molecule has 0 aliphatic heterocycles. The van der Waals surface area contributed by atoms with E-state index in [-0.39, 0.29) is 42.7 Å². The van der Waals surface area contributed by atoms with Crippen LogP contribution >= 0.6 is 39.1 Å². The molecular formula is C25H18BrCl2N3O6S. The lowest BCUT2D eigenvalue weighted by Crippen LogP contribution is -2.31. The van der Waals surface area contributed by atoms with Gasteiger partial charge in [0, 0.05) is 21.3 Å². The monoisotopic (exact) mass is 637 g/mol. The molecule has 3 aromatic carbocycles. The molecule has 13 heteroatoms. The van der Waals surface area contributed by atoms with Crippen LogP contribution in [0.3, 0.4) is 0 Å². The fourth-order valence-electron chi connectivity index (χ4n) is 3.26. The number of halogens is 3. The zero-order chi connectivity index (χ0) is 28.0. The summed E-state index contributed by atoms with van der Waals surface area (Å²) in [7, 11) is -4.07. The van der Waals surface area contributed by atoms with Crippen molar-refractivity contribution < 1.29 is 27.5 Å². The van der Waals surface area contributed by atoms with Gasteiger partial charge in [-0.3, -0.25) is 14.4 Å². The van der Waals surface area contributed by atoms with E-state index in [4.69, 9.17) is 33.2 Å². The van der Waals surface area contributed by atoms with Crippen molar-refractivity contribution in [3.8, 4) is 11.8 Å². The summed E-state index contributed by atoms with van der Waals surface area (Å²) in [5.41, 5.74) is 1.14. The van der Waals surface area contributed by atoms with E-state index in [0.29, 0.717) is 11.3 Å². The summed E-state index contributed by atoms with van der Waals surface area (Å²) in [6, 6.07) is 14.4. The van der Waals surface area contributed by atoms with E-state index in [0.717, 1.165) is 0 Å². The highest BCUT2D eigenvalue weighted by Gasteiger charge is 2.20. The molecule has 0 aromatic heterocycles. The Morgan fingerprint density at radius 1 is 1.00 bits per heavy atom. The number of carbonyl (C=O) groups excluding carboxylic acids is 3. The van der Waals surface area contributed by atoms with E-state index in [9.17, 15) is 22.8 Å². The van der Waals surface area contributed by atoms with E-state index in [1.807, 2.05) is 10.8 Å². The Morgan fingerprint density at radius 3 is 2.39 bits per heavy atom. The maximum absolute atomic E-state index is 13.1. The van der Waals surface area contributed by atoms with Crippen LogP contribution < -0.4 is 14.8 Å². The summed E-state index contributed by atoms with van der Waals surface area (Å²) in [6.45, 7) is 1.10. The van der Waals surface area contributed by atoms with E-state index in [2.05, 4.69) is 21.2 Å². The van der Waals surface area contributed by atoms with Crippen molar-refractivity contribution in [2.45, 2.75) is 11.8 Å². The Morgan fingerprint density at radius 2 is 1.74 bits per heavy atom. The molecular weight excluding hydrogens is 621 g/mol. The average Bonchev–Trinajstić information content (AvgIpc) is 2.87. The van der Waals surface area contributed by atoms with Gasteiger partial charge in [-0.25, -0.2) is 13.1 Å². The topological polar surface area (TPSA) is 142 Å². The third-order valence-corrected chi connectivity index (χ3v) is 7.32. The molecule has 0 saturated heterocycles. The molecule has 0 heterocycles. The lowest BCUT2D eigenvalue weighted by Gasteiger charge is -2.13. The quantitative estimate of drug-likeness (QED) is 0.257. The first-order chi connectivity index (χ1) is 17.9. The first-order valence-corrected chi connectivity index (χ1v) is 14.0. The van der Waals surface area contributed by atoms with Crippen LogP contribution in [-0.4, -0.2) is 38.0 Å². The van der Waals surface area contributed by atoms with Gasteiger partial charge in [0.25, 0.3) is 15.9 Å². The lowest BCUT2D eigenvalue weighted by atomic mass is 10.0. The number of nitriles is 1. The molecule has 0 fully saturated rings. The molecule has 0 aliphatic carbocycles. The van der Waals surface area contributed by atoms with E-state index < -0.39 is 34.2 Å². The number of ether oxygens (including phenoxy) is 1. The number of anilines is 1. The Bertz CT molecular complexity index is 1590. The number of nitrogens with one attached hydrogen (secondary N) is 2. The van der Waals surface area contributed by atoms with Crippen molar-refractivity contribution in [3.63, 3.8) is 0 Å². The van der Waals surface area contributed by atoms with Gasteiger partial charge in [-0.15, -0.1) is 0 Å². The van der Waals surface area contributed by atoms with Gasteiger partial charge in [-0.2, -0.15) is 5.26 Å². The minimum atomic E-state index is -4.07. The van der Waals surface area contributed by atoms with E-state index in [1.165, 1.54) is 54.6 Å². The number of hydrogen-bond donors (Lipinski definition) is 2. The van der Waals surface area contributed by atoms with Gasteiger partial charge < -0.3 is 10.1 Å². The molecule has 3 rings (SSSR count). The van der Waals surface area contributed by atoms with Crippen LogP contribution in [0.1, 0.15) is 27.0 Å². The van der Waals surface area contributed by atoms with Gasteiger partial charge in [0.2, 0.25) is 5.91 Å². The zero-order valence-corrected chi connectivity index (χ0v) is 23.5. The third kappa shape index (κ3) is 7.33. The Kier molecular flexibility index (Phi) is 9.51. The fourth-order valence-corrected chi connectivity index (χ4v) is 5.06. The predicted octanol–water partition coefficient (Wildman–Crippen LogP) is 4.62. The summed E-state index contributed by atoms with van der Waals surface area (Å²) < 4.78 is 32.1. The second-order valence-corrected chi connectivity index (χ2v) is 10.9. The summed E-state index contributed by atoms with van der Waals surface area (Å²) >= 11 is 15.0. The molecule has 38 heavy (non-hydrogen) atoms. The Labute approximate surface area is 236 Å². The van der Waals surface area contributed by atoms with Gasteiger partial charge in [0.1, 0.15) is 5.75 Å². The van der Waals surface area contributed by atoms with Crippen LogP contribution in [0, 0.1) is 18.3 Å². The largest absolute Gasteiger partial charge is 0.483 e. The molecule has 2 amide bonds. The SMILES string of the molecule is Cc1cc(S(=O)(=O)NC(=O)CBr)ccc1NC(=O)COc1ccc(Cl)cc1C(=O)c1cc(Cl)cc(C#N)c1. The van der Waals surface area contributed by atoms with E-state index in [1.54, 1.807) is 6.92 Å². The van der Waals surface area contributed by atoms with Gasteiger partial charge in [0.05, 0.1) is 27.4 Å². The number of alkyl halides is 1. The first-order valence-electron chi connectivity index (χ1n) is 10.6. The maximum Gasteiger partial charge on any atom is 0.264 e. The molecule has 9 nitrogen and oxygen atoms in total. The molecule has 0 atom stereocenters. The molecule has 0 aliphatic rings. The van der Waals surface area contributed by atoms with Crippen LogP contribution in [0.5, 0.6) is 5.75 Å². The molecule has 0 unspecified atom stereocenters. The zero-order valence-electron chi connectivity index (χ0n) is 19.5. The van der Waals surface area contributed by atoms with Crippen molar-refractivity contribution in [1.29, 1.82) is 5.26 Å². The standard InChI is InChI=1S/C25H18BrCl2N3O6S/c1-14-6-19(38(35,36)31-23(32)11-26)3-4-21(14)30-24(33)13-37-22-5-2-17(27)10-20(22)25(34)16-7-15(12-29)8-18(28)9-16/h2-10H,11,13H2,1H3,(H,30,33)(H,31,32). The van der Waals surface area contributed by atoms with Crippen molar-refractivity contribution in [2.75, 3.05) is 17.3 Å². The molecule has 196 valence electrons. The van der Waals surface area contributed by atoms with Crippen LogP contribution in [0.15, 0.2) is 59.5 Å². The number of carbonyl (C=O) groups is 3. The summed E-state index contributed by atoms with van der Waals surface area (Å²) in [5, 5.41) is 12.1. The van der Waals surface area contributed by atoms with E-state index >= 15 is 0 Å². The molecule has 0 bridgehead atoms. The Hall–Kier alpha value is -3.43. The molecule has 3 aromatic rings. The Balaban J connectivity index is 1.75. The normalized spacial score (nSPS) is 10.8. The first kappa shape index (κ1) is 29.1. The molecule has 0 radical (unpaired) electrons. The second-order valence-electron chi connectivity index (χ2n) is 7.79. The van der Waals surface area contributed by atoms with Gasteiger partial charge >= 0.3 is 0 Å². The summed E-state index contributed by atoms with van der Waals surface area (Å²) in [4.78, 5) is 37.0. The lowest BCUT2D eigenvalue weighted by molar-refractivity contribution is -0.118. The fraction of sp³-hybridized carbons (Fsp3) is 0.120. The molecule has 2 N–H and O–H groups in total. The maximum atomic E-state index is 13.1. The van der Waals surface area contributed by atoms with Crippen LogP contribution in [0.4, 0.5) is 5.69 Å². The number of nitrogens with zero attached hydrogens (tertiary/aromatic N) is 1. The van der Waals surface area contributed by atoms with Crippen LogP contribution in [0.25, 0.3) is 0 Å². The molecule has 0 spiro atoms. The number of benzene rings is 3. The third-order valence-electron chi connectivity index (χ3n) is 4.99. The smallest absolute Gasteiger partial charge is 0.264 e. The summed E-state index contributed by atoms with van der Waals surface area (Å²) in [6.07, 6.45) is 0. The average molecular weight is 639 g/mol. The van der Waals surface area contributed by atoms with Crippen molar-refractivity contribution >= 4 is 72.4 Å². The van der Waals surface area contributed by atoms with Crippen LogP contribution in [0.2, 0.25) is 10.0 Å².